The van der Waals surface area contributed by atoms with Gasteiger partial charge in [-0.2, -0.15) is 0 Å². The summed E-state index contributed by atoms with van der Waals surface area (Å²) in [6.45, 7) is 7.21. The number of amidine groups is 1. The smallest absolute Gasteiger partial charge is 0.153 e. The first-order chi connectivity index (χ1) is 11.2. The molecule has 128 valence electrons. The van der Waals surface area contributed by atoms with E-state index in [9.17, 15) is 0 Å². The van der Waals surface area contributed by atoms with Gasteiger partial charge in [0, 0.05) is 12.5 Å². The van der Waals surface area contributed by atoms with Gasteiger partial charge in [0.25, 0.3) is 0 Å². The lowest BCUT2D eigenvalue weighted by molar-refractivity contribution is 0.123. The zero-order valence-electron chi connectivity index (χ0n) is 14.3. The molecule has 5 nitrogen and oxygen atoms in total. The lowest BCUT2D eigenvalue weighted by Gasteiger charge is -2.32. The summed E-state index contributed by atoms with van der Waals surface area (Å²) < 4.78 is 5.71. The van der Waals surface area contributed by atoms with E-state index >= 15 is 0 Å². The summed E-state index contributed by atoms with van der Waals surface area (Å²) >= 11 is 0. The van der Waals surface area contributed by atoms with Crippen LogP contribution in [-0.4, -0.2) is 43.1 Å². The maximum absolute atomic E-state index is 5.94. The SMILES string of the molecule is Cc1ccccc1OCCCON=C(N)CN1CCCCC1C. The van der Waals surface area contributed by atoms with Gasteiger partial charge >= 0.3 is 0 Å². The molecule has 1 aromatic rings. The summed E-state index contributed by atoms with van der Waals surface area (Å²) in [6.07, 6.45) is 4.58. The van der Waals surface area contributed by atoms with Crippen LogP contribution in [-0.2, 0) is 4.84 Å². The van der Waals surface area contributed by atoms with Gasteiger partial charge in [0.1, 0.15) is 12.4 Å². The Morgan fingerprint density at radius 3 is 2.91 bits per heavy atom. The van der Waals surface area contributed by atoms with Crippen molar-refractivity contribution in [3.8, 4) is 5.75 Å². The van der Waals surface area contributed by atoms with Crippen molar-refractivity contribution in [2.24, 2.45) is 10.9 Å². The third kappa shape index (κ3) is 6.10. The first kappa shape index (κ1) is 17.6. The maximum atomic E-state index is 5.94. The predicted octanol–water partition coefficient (Wildman–Crippen LogP) is 2.93. The summed E-state index contributed by atoms with van der Waals surface area (Å²) in [5, 5.41) is 4.01. The second-order valence-corrected chi connectivity index (χ2v) is 6.20. The summed E-state index contributed by atoms with van der Waals surface area (Å²) in [7, 11) is 0. The Bertz CT molecular complexity index is 505. The fourth-order valence-electron chi connectivity index (χ4n) is 2.78. The number of hydrogen-bond donors (Lipinski definition) is 1. The highest BCUT2D eigenvalue weighted by molar-refractivity contribution is 5.81. The van der Waals surface area contributed by atoms with E-state index in [2.05, 4.69) is 17.0 Å². The number of aryl methyl sites for hydroxylation is 1. The first-order valence-electron chi connectivity index (χ1n) is 8.53. The average molecular weight is 319 g/mol. The molecule has 5 heteroatoms. The number of rotatable bonds is 8. The van der Waals surface area contributed by atoms with Crippen molar-refractivity contribution in [1.82, 2.24) is 4.90 Å². The maximum Gasteiger partial charge on any atom is 0.153 e. The number of hydrogen-bond acceptors (Lipinski definition) is 4. The van der Waals surface area contributed by atoms with Gasteiger partial charge in [0.2, 0.25) is 0 Å². The topological polar surface area (TPSA) is 60.1 Å². The standard InChI is InChI=1S/C18H29N3O2/c1-15-8-3-4-10-17(15)22-12-7-13-23-20-18(19)14-21-11-6-5-9-16(21)2/h3-4,8,10,16H,5-7,9,11-14H2,1-2H3,(H2,19,20). The largest absolute Gasteiger partial charge is 0.493 e. The monoisotopic (exact) mass is 319 g/mol. The minimum Gasteiger partial charge on any atom is -0.493 e. The van der Waals surface area contributed by atoms with Crippen molar-refractivity contribution in [2.75, 3.05) is 26.3 Å². The van der Waals surface area contributed by atoms with Crippen molar-refractivity contribution in [2.45, 2.75) is 45.6 Å². The second kappa shape index (κ2) is 9.40. The van der Waals surface area contributed by atoms with E-state index in [-0.39, 0.29) is 0 Å². The van der Waals surface area contributed by atoms with Gasteiger partial charge in [-0.1, -0.05) is 29.8 Å². The second-order valence-electron chi connectivity index (χ2n) is 6.20. The molecule has 1 aliphatic heterocycles. The number of nitrogens with two attached hydrogens (primary N) is 1. The number of piperidine rings is 1. The molecule has 0 aliphatic carbocycles. The van der Waals surface area contributed by atoms with Gasteiger partial charge in [0.15, 0.2) is 5.84 Å². The minimum absolute atomic E-state index is 0.516. The number of oxime groups is 1. The Morgan fingerprint density at radius 1 is 1.30 bits per heavy atom. The Labute approximate surface area is 139 Å². The van der Waals surface area contributed by atoms with E-state index in [1.807, 2.05) is 31.2 Å². The number of benzene rings is 1. The molecule has 1 aromatic carbocycles. The highest BCUT2D eigenvalue weighted by atomic mass is 16.6. The Kier molecular flexibility index (Phi) is 7.20. The van der Waals surface area contributed by atoms with Crippen LogP contribution in [0.2, 0.25) is 0 Å². The lowest BCUT2D eigenvalue weighted by Crippen LogP contribution is -2.42. The first-order valence-corrected chi connectivity index (χ1v) is 8.53. The van der Waals surface area contributed by atoms with Crippen molar-refractivity contribution in [3.05, 3.63) is 29.8 Å². The Morgan fingerprint density at radius 2 is 2.13 bits per heavy atom. The van der Waals surface area contributed by atoms with E-state index < -0.39 is 0 Å². The van der Waals surface area contributed by atoms with Crippen LogP contribution in [0.3, 0.4) is 0 Å². The van der Waals surface area contributed by atoms with Crippen molar-refractivity contribution < 1.29 is 9.57 Å². The van der Waals surface area contributed by atoms with Crippen molar-refractivity contribution >= 4 is 5.84 Å². The fraction of sp³-hybridized carbons (Fsp3) is 0.611. The van der Waals surface area contributed by atoms with E-state index in [1.54, 1.807) is 0 Å². The number of likely N-dealkylation sites (tertiary alicyclic amines) is 1. The minimum atomic E-state index is 0.516. The third-order valence-electron chi connectivity index (χ3n) is 4.22. The molecule has 1 saturated heterocycles. The lowest BCUT2D eigenvalue weighted by atomic mass is 10.0. The van der Waals surface area contributed by atoms with Crippen LogP contribution in [0.1, 0.15) is 38.2 Å². The average Bonchev–Trinajstić information content (AvgIpc) is 2.54. The van der Waals surface area contributed by atoms with Gasteiger partial charge in [-0.05, 0) is 44.9 Å². The fourth-order valence-corrected chi connectivity index (χ4v) is 2.78. The van der Waals surface area contributed by atoms with E-state index in [0.29, 0.717) is 31.6 Å². The molecule has 1 heterocycles. The van der Waals surface area contributed by atoms with Gasteiger partial charge < -0.3 is 15.3 Å². The molecule has 1 unspecified atom stereocenters. The molecule has 1 atom stereocenters. The molecule has 1 fully saturated rings. The Balaban J connectivity index is 1.59. The van der Waals surface area contributed by atoms with Crippen LogP contribution >= 0.6 is 0 Å². The molecule has 0 aromatic heterocycles. The van der Waals surface area contributed by atoms with Gasteiger partial charge in [-0.3, -0.25) is 4.90 Å². The number of para-hydroxylation sites is 1. The van der Waals surface area contributed by atoms with Crippen LogP contribution in [0.4, 0.5) is 0 Å². The third-order valence-corrected chi connectivity index (χ3v) is 4.22. The van der Waals surface area contributed by atoms with Gasteiger partial charge in [0.05, 0.1) is 13.2 Å². The number of ether oxygens (including phenoxy) is 1. The van der Waals surface area contributed by atoms with Crippen LogP contribution in [0, 0.1) is 6.92 Å². The van der Waals surface area contributed by atoms with Crippen LogP contribution < -0.4 is 10.5 Å². The normalized spacial score (nSPS) is 19.6. The molecule has 0 spiro atoms. The predicted molar refractivity (Wildman–Crippen MR) is 93.8 cm³/mol. The van der Waals surface area contributed by atoms with Crippen LogP contribution in [0.15, 0.2) is 29.4 Å². The zero-order chi connectivity index (χ0) is 16.5. The summed E-state index contributed by atoms with van der Waals surface area (Å²) in [5.41, 5.74) is 7.09. The highest BCUT2D eigenvalue weighted by Crippen LogP contribution is 2.16. The zero-order valence-corrected chi connectivity index (χ0v) is 14.3. The van der Waals surface area contributed by atoms with Gasteiger partial charge in [-0.15, -0.1) is 0 Å². The van der Waals surface area contributed by atoms with E-state index in [4.69, 9.17) is 15.3 Å². The highest BCUT2D eigenvalue weighted by Gasteiger charge is 2.18. The van der Waals surface area contributed by atoms with E-state index in [0.717, 1.165) is 24.3 Å². The summed E-state index contributed by atoms with van der Waals surface area (Å²) in [4.78, 5) is 7.66. The molecule has 0 radical (unpaired) electrons. The van der Waals surface area contributed by atoms with Crippen LogP contribution in [0.5, 0.6) is 5.75 Å². The quantitative estimate of drug-likeness (QED) is 0.346. The van der Waals surface area contributed by atoms with Crippen molar-refractivity contribution in [1.29, 1.82) is 0 Å². The molecule has 0 amide bonds. The summed E-state index contributed by atoms with van der Waals surface area (Å²) in [5.74, 6) is 1.48. The molecule has 2 rings (SSSR count). The van der Waals surface area contributed by atoms with Crippen molar-refractivity contribution in [3.63, 3.8) is 0 Å². The molecule has 2 N–H and O–H groups in total. The van der Waals surface area contributed by atoms with E-state index in [1.165, 1.54) is 19.3 Å². The molecule has 1 aliphatic rings. The molecule has 23 heavy (non-hydrogen) atoms. The summed E-state index contributed by atoms with van der Waals surface area (Å²) in [6, 6.07) is 8.59. The molecule has 0 bridgehead atoms. The number of nitrogens with zero attached hydrogens (tertiary/aromatic N) is 2. The molecular formula is C18H29N3O2. The molecular weight excluding hydrogens is 290 g/mol. The van der Waals surface area contributed by atoms with Gasteiger partial charge in [-0.25, -0.2) is 0 Å². The molecule has 0 saturated carbocycles. The van der Waals surface area contributed by atoms with Crippen LogP contribution in [0.25, 0.3) is 0 Å². The Hall–Kier alpha value is -1.75.